The van der Waals surface area contributed by atoms with Crippen LogP contribution in [0.25, 0.3) is 0 Å². The molecule has 0 saturated carbocycles. The molecule has 2 saturated heterocycles. The lowest BCUT2D eigenvalue weighted by Crippen LogP contribution is -2.55. The fraction of sp³-hybridized carbons (Fsp3) is 0.655. The highest BCUT2D eigenvalue weighted by atomic mass is 16.5. The zero-order valence-corrected chi connectivity index (χ0v) is 23.2. The summed E-state index contributed by atoms with van der Waals surface area (Å²) in [4.78, 5) is 57.4. The number of fused-ring (bicyclic) bond motifs is 2. The van der Waals surface area contributed by atoms with E-state index in [1.165, 1.54) is 12.8 Å². The van der Waals surface area contributed by atoms with Crippen LogP contribution in [0, 0.1) is 5.92 Å². The Balaban J connectivity index is 1.53. The van der Waals surface area contributed by atoms with E-state index in [1.54, 1.807) is 29.2 Å². The molecule has 10 nitrogen and oxygen atoms in total. The van der Waals surface area contributed by atoms with E-state index in [9.17, 15) is 19.2 Å². The number of hydrogen-bond donors (Lipinski definition) is 3. The van der Waals surface area contributed by atoms with Crippen molar-refractivity contribution >= 4 is 23.6 Å². The van der Waals surface area contributed by atoms with Gasteiger partial charge in [-0.05, 0) is 56.8 Å². The van der Waals surface area contributed by atoms with Crippen LogP contribution in [0.15, 0.2) is 24.3 Å². The first kappa shape index (κ1) is 28.9. The summed E-state index contributed by atoms with van der Waals surface area (Å²) < 4.78 is 6.07. The molecular weight excluding hydrogens is 498 g/mol. The summed E-state index contributed by atoms with van der Waals surface area (Å²) in [5.41, 5.74) is 0.285. The molecule has 4 amide bonds. The maximum atomic E-state index is 13.5. The Bertz CT molecular complexity index is 1020. The van der Waals surface area contributed by atoms with Crippen LogP contribution in [0.1, 0.15) is 69.2 Å². The molecule has 3 atom stereocenters. The molecule has 214 valence electrons. The molecule has 2 fully saturated rings. The lowest BCUT2D eigenvalue weighted by Gasteiger charge is -2.32. The van der Waals surface area contributed by atoms with Crippen LogP contribution in [0.2, 0.25) is 0 Å². The van der Waals surface area contributed by atoms with Gasteiger partial charge in [0.05, 0.1) is 18.0 Å². The first-order valence-corrected chi connectivity index (χ1v) is 14.5. The summed E-state index contributed by atoms with van der Waals surface area (Å²) in [5, 5.41) is 8.52. The SMILES string of the molecule is CC(C)[C@@H]1NC(=O)C[C@@H](C(=O)NCCN2CCCCCC2)NC(=O)c2ccccc2OC[C@H]2CCCN2C1=O. The molecular formula is C29H43N5O5. The molecule has 39 heavy (non-hydrogen) atoms. The van der Waals surface area contributed by atoms with Gasteiger partial charge in [-0.25, -0.2) is 0 Å². The molecule has 0 radical (unpaired) electrons. The van der Waals surface area contributed by atoms with Gasteiger partial charge in [0.1, 0.15) is 24.4 Å². The molecule has 4 rings (SSSR count). The number of ether oxygens (including phenoxy) is 1. The van der Waals surface area contributed by atoms with Gasteiger partial charge in [0.2, 0.25) is 17.7 Å². The normalized spacial score (nSPS) is 25.5. The van der Waals surface area contributed by atoms with Gasteiger partial charge in [-0.2, -0.15) is 0 Å². The Kier molecular flexibility index (Phi) is 10.2. The van der Waals surface area contributed by atoms with E-state index in [0.29, 0.717) is 18.8 Å². The van der Waals surface area contributed by atoms with Crippen molar-refractivity contribution in [3.8, 4) is 5.75 Å². The Morgan fingerprint density at radius 3 is 2.51 bits per heavy atom. The number of nitrogens with one attached hydrogen (secondary N) is 3. The lowest BCUT2D eigenvalue weighted by atomic mass is 10.0. The third-order valence-corrected chi connectivity index (χ3v) is 7.91. The van der Waals surface area contributed by atoms with Crippen molar-refractivity contribution in [1.82, 2.24) is 25.8 Å². The van der Waals surface area contributed by atoms with Crippen molar-refractivity contribution in [2.75, 3.05) is 39.3 Å². The van der Waals surface area contributed by atoms with E-state index < -0.39 is 29.8 Å². The molecule has 3 heterocycles. The van der Waals surface area contributed by atoms with Crippen LogP contribution in [-0.4, -0.2) is 90.9 Å². The van der Waals surface area contributed by atoms with Gasteiger partial charge in [-0.3, -0.25) is 19.2 Å². The number of nitrogens with zero attached hydrogens (tertiary/aromatic N) is 2. The summed E-state index contributed by atoms with van der Waals surface area (Å²) in [6, 6.07) is 4.89. The quantitative estimate of drug-likeness (QED) is 0.522. The Morgan fingerprint density at radius 2 is 1.77 bits per heavy atom. The Labute approximate surface area is 231 Å². The number of carbonyl (C=O) groups is 4. The third-order valence-electron chi connectivity index (χ3n) is 7.91. The predicted molar refractivity (Wildman–Crippen MR) is 147 cm³/mol. The summed E-state index contributed by atoms with van der Waals surface area (Å²) in [7, 11) is 0. The largest absolute Gasteiger partial charge is 0.491 e. The van der Waals surface area contributed by atoms with Gasteiger partial charge in [-0.15, -0.1) is 0 Å². The first-order valence-electron chi connectivity index (χ1n) is 14.5. The summed E-state index contributed by atoms with van der Waals surface area (Å²) >= 11 is 0. The summed E-state index contributed by atoms with van der Waals surface area (Å²) in [6.07, 6.45) is 6.14. The maximum absolute atomic E-state index is 13.5. The van der Waals surface area contributed by atoms with Crippen LogP contribution in [0.5, 0.6) is 5.75 Å². The average Bonchev–Trinajstić information content (AvgIpc) is 3.24. The molecule has 3 aliphatic heterocycles. The number of benzene rings is 1. The maximum Gasteiger partial charge on any atom is 0.255 e. The molecule has 0 aromatic heterocycles. The minimum atomic E-state index is -1.10. The second-order valence-corrected chi connectivity index (χ2v) is 11.2. The average molecular weight is 542 g/mol. The number of rotatable bonds is 5. The Morgan fingerprint density at radius 1 is 1.03 bits per heavy atom. The van der Waals surface area contributed by atoms with Crippen molar-refractivity contribution in [3.05, 3.63) is 29.8 Å². The van der Waals surface area contributed by atoms with Crippen molar-refractivity contribution < 1.29 is 23.9 Å². The first-order chi connectivity index (χ1) is 18.8. The second kappa shape index (κ2) is 13.8. The molecule has 0 spiro atoms. The number of amides is 4. The van der Waals surface area contributed by atoms with Gasteiger partial charge < -0.3 is 30.5 Å². The number of carbonyl (C=O) groups excluding carboxylic acids is 4. The fourth-order valence-corrected chi connectivity index (χ4v) is 5.64. The lowest BCUT2D eigenvalue weighted by molar-refractivity contribution is -0.139. The predicted octanol–water partition coefficient (Wildman–Crippen LogP) is 1.69. The highest BCUT2D eigenvalue weighted by Crippen LogP contribution is 2.24. The van der Waals surface area contributed by atoms with Crippen LogP contribution >= 0.6 is 0 Å². The van der Waals surface area contributed by atoms with E-state index >= 15 is 0 Å². The number of hydrogen-bond acceptors (Lipinski definition) is 6. The fourth-order valence-electron chi connectivity index (χ4n) is 5.64. The van der Waals surface area contributed by atoms with Gasteiger partial charge in [0.25, 0.3) is 5.91 Å². The van der Waals surface area contributed by atoms with Crippen LogP contribution in [0.3, 0.4) is 0 Å². The molecule has 0 bridgehead atoms. The molecule has 3 aliphatic rings. The highest BCUT2D eigenvalue weighted by Gasteiger charge is 2.37. The minimum absolute atomic E-state index is 0.141. The molecule has 0 aliphatic carbocycles. The molecule has 0 unspecified atom stereocenters. The second-order valence-electron chi connectivity index (χ2n) is 11.2. The minimum Gasteiger partial charge on any atom is -0.491 e. The highest BCUT2D eigenvalue weighted by molar-refractivity contribution is 6.01. The van der Waals surface area contributed by atoms with Crippen LogP contribution < -0.4 is 20.7 Å². The van der Waals surface area contributed by atoms with Gasteiger partial charge >= 0.3 is 0 Å². The van der Waals surface area contributed by atoms with E-state index in [2.05, 4.69) is 20.9 Å². The van der Waals surface area contributed by atoms with Crippen LogP contribution in [0.4, 0.5) is 0 Å². The summed E-state index contributed by atoms with van der Waals surface area (Å²) in [6.45, 7) is 7.78. The molecule has 3 N–H and O–H groups in total. The number of para-hydroxylation sites is 1. The van der Waals surface area contributed by atoms with E-state index in [1.807, 2.05) is 13.8 Å². The zero-order chi connectivity index (χ0) is 27.8. The van der Waals surface area contributed by atoms with Crippen molar-refractivity contribution in [1.29, 1.82) is 0 Å². The third kappa shape index (κ3) is 7.71. The zero-order valence-electron chi connectivity index (χ0n) is 23.2. The van der Waals surface area contributed by atoms with Crippen molar-refractivity contribution in [3.63, 3.8) is 0 Å². The van der Waals surface area contributed by atoms with Gasteiger partial charge in [0.15, 0.2) is 0 Å². The molecule has 1 aromatic carbocycles. The molecule has 1 aromatic rings. The number of likely N-dealkylation sites (tertiary alicyclic amines) is 1. The topological polar surface area (TPSA) is 120 Å². The van der Waals surface area contributed by atoms with E-state index in [4.69, 9.17) is 4.74 Å². The Hall–Kier alpha value is -3.14. The standard InChI is InChI=1S/C29H43N5O5/c1-20(2)26-29(38)34-16-9-10-21(34)19-39-24-12-6-5-11-22(24)27(36)31-23(18-25(35)32-26)28(37)30-13-17-33-14-7-3-4-8-15-33/h5-6,11-12,20-21,23,26H,3-4,7-10,13-19H2,1-2H3,(H,30,37)(H,31,36)(H,32,35)/t21-,23+,26+/m1/s1. The van der Waals surface area contributed by atoms with Crippen molar-refractivity contribution in [2.24, 2.45) is 5.92 Å². The van der Waals surface area contributed by atoms with Gasteiger partial charge in [0, 0.05) is 19.6 Å². The smallest absolute Gasteiger partial charge is 0.255 e. The van der Waals surface area contributed by atoms with Crippen molar-refractivity contribution in [2.45, 2.75) is 76.9 Å². The van der Waals surface area contributed by atoms with E-state index in [-0.39, 0.29) is 36.5 Å². The monoisotopic (exact) mass is 541 g/mol. The molecule has 10 heteroatoms. The van der Waals surface area contributed by atoms with E-state index in [0.717, 1.165) is 45.3 Å². The van der Waals surface area contributed by atoms with Gasteiger partial charge in [-0.1, -0.05) is 38.8 Å². The summed E-state index contributed by atoms with van der Waals surface area (Å²) in [5.74, 6) is -1.26. The van der Waals surface area contributed by atoms with Crippen LogP contribution in [-0.2, 0) is 14.4 Å².